The van der Waals surface area contributed by atoms with Gasteiger partial charge in [-0.1, -0.05) is 17.7 Å². The van der Waals surface area contributed by atoms with Crippen molar-refractivity contribution in [3.8, 4) is 0 Å². The number of benzene rings is 1. The Labute approximate surface area is 123 Å². The standard InChI is InChI=1S/C13H10BrClFN3/c14-8-2-1-3-9(16)12(8)18-11-6-10(15)17-13(19-11)7-4-5-7/h1-3,6-7H,4-5H2,(H,17,18,19). The number of aromatic nitrogens is 2. The summed E-state index contributed by atoms with van der Waals surface area (Å²) in [5, 5.41) is 3.31. The third-order valence-corrected chi connectivity index (χ3v) is 3.72. The Bertz CT molecular complexity index is 611. The van der Waals surface area contributed by atoms with Gasteiger partial charge in [-0.25, -0.2) is 14.4 Å². The Morgan fingerprint density at radius 3 is 2.79 bits per heavy atom. The van der Waals surface area contributed by atoms with Crippen LogP contribution in [0.3, 0.4) is 0 Å². The molecule has 1 N–H and O–H groups in total. The number of nitrogens with one attached hydrogen (secondary N) is 1. The van der Waals surface area contributed by atoms with Crippen LogP contribution >= 0.6 is 27.5 Å². The molecule has 1 aliphatic carbocycles. The molecule has 1 saturated carbocycles. The monoisotopic (exact) mass is 341 g/mol. The van der Waals surface area contributed by atoms with Crippen LogP contribution in [0.4, 0.5) is 15.9 Å². The summed E-state index contributed by atoms with van der Waals surface area (Å²) < 4.78 is 14.4. The quantitative estimate of drug-likeness (QED) is 0.825. The lowest BCUT2D eigenvalue weighted by molar-refractivity contribution is 0.631. The van der Waals surface area contributed by atoms with Crippen LogP contribution in [0.25, 0.3) is 0 Å². The maximum atomic E-state index is 13.7. The Morgan fingerprint density at radius 2 is 2.11 bits per heavy atom. The van der Waals surface area contributed by atoms with Gasteiger partial charge >= 0.3 is 0 Å². The molecule has 6 heteroatoms. The maximum Gasteiger partial charge on any atom is 0.147 e. The van der Waals surface area contributed by atoms with Crippen molar-refractivity contribution in [3.63, 3.8) is 0 Å². The molecule has 3 rings (SSSR count). The predicted molar refractivity (Wildman–Crippen MR) is 76.4 cm³/mol. The molecule has 98 valence electrons. The molecule has 1 heterocycles. The van der Waals surface area contributed by atoms with E-state index in [1.54, 1.807) is 18.2 Å². The van der Waals surface area contributed by atoms with E-state index in [1.807, 2.05) is 0 Å². The SMILES string of the molecule is Fc1cccc(Br)c1Nc1cc(Cl)nc(C2CC2)n1. The molecule has 0 atom stereocenters. The van der Waals surface area contributed by atoms with E-state index in [9.17, 15) is 4.39 Å². The first-order chi connectivity index (χ1) is 9.13. The van der Waals surface area contributed by atoms with Crippen LogP contribution in [0.1, 0.15) is 24.6 Å². The lowest BCUT2D eigenvalue weighted by Gasteiger charge is -2.10. The number of halogens is 3. The summed E-state index contributed by atoms with van der Waals surface area (Å²) >= 11 is 9.28. The Morgan fingerprint density at radius 1 is 1.32 bits per heavy atom. The van der Waals surface area contributed by atoms with Crippen LogP contribution in [-0.4, -0.2) is 9.97 Å². The van der Waals surface area contributed by atoms with Crippen LogP contribution < -0.4 is 5.32 Å². The first-order valence-electron chi connectivity index (χ1n) is 5.89. The number of hydrogen-bond donors (Lipinski definition) is 1. The van der Waals surface area contributed by atoms with Gasteiger partial charge in [-0.2, -0.15) is 0 Å². The molecular weight excluding hydrogens is 333 g/mol. The maximum absolute atomic E-state index is 13.7. The van der Waals surface area contributed by atoms with E-state index in [0.717, 1.165) is 18.7 Å². The zero-order valence-corrected chi connectivity index (χ0v) is 12.2. The van der Waals surface area contributed by atoms with Crippen molar-refractivity contribution < 1.29 is 4.39 Å². The number of nitrogens with zero attached hydrogens (tertiary/aromatic N) is 2. The van der Waals surface area contributed by atoms with E-state index in [-0.39, 0.29) is 5.82 Å². The van der Waals surface area contributed by atoms with Crippen molar-refractivity contribution in [2.75, 3.05) is 5.32 Å². The van der Waals surface area contributed by atoms with E-state index in [1.165, 1.54) is 6.07 Å². The third-order valence-electron chi connectivity index (χ3n) is 2.87. The van der Waals surface area contributed by atoms with Gasteiger partial charge in [-0.05, 0) is 40.9 Å². The summed E-state index contributed by atoms with van der Waals surface area (Å²) in [4.78, 5) is 8.57. The normalized spacial score (nSPS) is 14.5. The summed E-state index contributed by atoms with van der Waals surface area (Å²) in [5.74, 6) is 1.27. The van der Waals surface area contributed by atoms with Crippen molar-refractivity contribution in [2.45, 2.75) is 18.8 Å². The van der Waals surface area contributed by atoms with E-state index < -0.39 is 0 Å². The summed E-state index contributed by atoms with van der Waals surface area (Å²) in [6.45, 7) is 0. The van der Waals surface area contributed by atoms with E-state index >= 15 is 0 Å². The van der Waals surface area contributed by atoms with E-state index in [0.29, 0.717) is 27.0 Å². The highest BCUT2D eigenvalue weighted by Gasteiger charge is 2.27. The lowest BCUT2D eigenvalue weighted by Crippen LogP contribution is -2.01. The summed E-state index contributed by atoms with van der Waals surface area (Å²) in [6.07, 6.45) is 2.17. The van der Waals surface area contributed by atoms with Crippen LogP contribution in [0, 0.1) is 5.82 Å². The number of hydrogen-bond acceptors (Lipinski definition) is 3. The summed E-state index contributed by atoms with van der Waals surface area (Å²) in [5.41, 5.74) is 0.346. The molecule has 0 bridgehead atoms. The largest absolute Gasteiger partial charge is 0.337 e. The Balaban J connectivity index is 1.94. The second-order valence-corrected chi connectivity index (χ2v) is 5.67. The fraction of sp³-hybridized carbons (Fsp3) is 0.231. The summed E-state index contributed by atoms with van der Waals surface area (Å²) in [6, 6.07) is 6.37. The minimum Gasteiger partial charge on any atom is -0.337 e. The number of para-hydroxylation sites is 1. The molecule has 0 spiro atoms. The molecule has 1 fully saturated rings. The van der Waals surface area contributed by atoms with Crippen molar-refractivity contribution in [3.05, 3.63) is 45.5 Å². The molecule has 19 heavy (non-hydrogen) atoms. The second kappa shape index (κ2) is 5.06. The van der Waals surface area contributed by atoms with Gasteiger partial charge in [0, 0.05) is 16.5 Å². The van der Waals surface area contributed by atoms with Gasteiger partial charge in [0.15, 0.2) is 0 Å². The van der Waals surface area contributed by atoms with E-state index in [4.69, 9.17) is 11.6 Å². The minimum absolute atomic E-state index is 0.346. The molecule has 0 unspecified atom stereocenters. The molecule has 0 amide bonds. The third kappa shape index (κ3) is 2.87. The lowest BCUT2D eigenvalue weighted by atomic mass is 10.3. The average molecular weight is 343 g/mol. The average Bonchev–Trinajstić information content (AvgIpc) is 3.17. The highest BCUT2D eigenvalue weighted by atomic mass is 79.9. The van der Waals surface area contributed by atoms with Crippen LogP contribution in [0.15, 0.2) is 28.7 Å². The fourth-order valence-corrected chi connectivity index (χ4v) is 2.40. The molecular formula is C13H10BrClFN3. The van der Waals surface area contributed by atoms with Crippen molar-refractivity contribution in [2.24, 2.45) is 0 Å². The van der Waals surface area contributed by atoms with Crippen LogP contribution in [-0.2, 0) is 0 Å². The first kappa shape index (κ1) is 12.8. The van der Waals surface area contributed by atoms with Gasteiger partial charge in [0.1, 0.15) is 22.6 Å². The number of rotatable bonds is 3. The smallest absolute Gasteiger partial charge is 0.147 e. The topological polar surface area (TPSA) is 37.8 Å². The fourth-order valence-electron chi connectivity index (χ4n) is 1.77. The van der Waals surface area contributed by atoms with Crippen molar-refractivity contribution >= 4 is 39.0 Å². The van der Waals surface area contributed by atoms with Crippen LogP contribution in [0.5, 0.6) is 0 Å². The molecule has 2 aromatic rings. The molecule has 0 radical (unpaired) electrons. The molecule has 0 saturated heterocycles. The highest BCUT2D eigenvalue weighted by Crippen LogP contribution is 2.39. The Hall–Kier alpha value is -1.20. The van der Waals surface area contributed by atoms with Gasteiger partial charge in [0.2, 0.25) is 0 Å². The second-order valence-electron chi connectivity index (χ2n) is 4.43. The zero-order chi connectivity index (χ0) is 13.4. The molecule has 1 aromatic carbocycles. The predicted octanol–water partition coefficient (Wildman–Crippen LogP) is 4.65. The molecule has 3 nitrogen and oxygen atoms in total. The Kier molecular flexibility index (Phi) is 3.41. The van der Waals surface area contributed by atoms with Gasteiger partial charge in [0.05, 0.1) is 5.69 Å². The molecule has 1 aromatic heterocycles. The van der Waals surface area contributed by atoms with Crippen LogP contribution in [0.2, 0.25) is 5.15 Å². The van der Waals surface area contributed by atoms with Crippen molar-refractivity contribution in [1.29, 1.82) is 0 Å². The first-order valence-corrected chi connectivity index (χ1v) is 7.06. The number of anilines is 2. The molecule has 0 aliphatic heterocycles. The summed E-state index contributed by atoms with van der Waals surface area (Å²) in [7, 11) is 0. The van der Waals surface area contributed by atoms with Gasteiger partial charge in [-0.15, -0.1) is 0 Å². The molecule has 1 aliphatic rings. The minimum atomic E-state index is -0.350. The van der Waals surface area contributed by atoms with Crippen molar-refractivity contribution in [1.82, 2.24) is 9.97 Å². The zero-order valence-electron chi connectivity index (χ0n) is 9.83. The highest BCUT2D eigenvalue weighted by molar-refractivity contribution is 9.10. The van der Waals surface area contributed by atoms with Gasteiger partial charge in [-0.3, -0.25) is 0 Å². The van der Waals surface area contributed by atoms with Gasteiger partial charge < -0.3 is 5.32 Å². The van der Waals surface area contributed by atoms with Gasteiger partial charge in [0.25, 0.3) is 0 Å². The van der Waals surface area contributed by atoms with E-state index in [2.05, 4.69) is 31.2 Å².